The van der Waals surface area contributed by atoms with E-state index < -0.39 is 24.1 Å². The average Bonchev–Trinajstić information content (AvgIpc) is 2.30. The molecule has 0 aromatic rings. The third kappa shape index (κ3) is 1.71. The predicted octanol–water partition coefficient (Wildman–Crippen LogP) is -0.816. The number of cyclic esters (lactones) is 2. The summed E-state index contributed by atoms with van der Waals surface area (Å²) in [6.45, 7) is 0. The minimum atomic E-state index is -0.898. The number of alkyl carbamates (subject to hydrolysis) is 1. The Hall–Kier alpha value is -1.59. The van der Waals surface area contributed by atoms with Crippen molar-refractivity contribution in [1.82, 2.24) is 5.32 Å². The molecule has 0 spiro atoms. The molecule has 1 aliphatic rings. The number of hydrogen-bond donors (Lipinski definition) is 1. The van der Waals surface area contributed by atoms with Gasteiger partial charge in [0, 0.05) is 0 Å². The minimum absolute atomic E-state index is 0.193. The molecular formula is C6H7NO5. The van der Waals surface area contributed by atoms with Crippen molar-refractivity contribution in [3.8, 4) is 0 Å². The number of rotatable bonds is 2. The van der Waals surface area contributed by atoms with Crippen molar-refractivity contribution >= 4 is 18.0 Å². The van der Waals surface area contributed by atoms with Crippen LogP contribution in [0.3, 0.4) is 0 Å². The summed E-state index contributed by atoms with van der Waals surface area (Å²) < 4.78 is 8.42. The van der Waals surface area contributed by atoms with Crippen molar-refractivity contribution in [3.63, 3.8) is 0 Å². The van der Waals surface area contributed by atoms with Crippen molar-refractivity contribution in [1.29, 1.82) is 0 Å². The second-order valence-corrected chi connectivity index (χ2v) is 2.19. The van der Waals surface area contributed by atoms with E-state index in [-0.39, 0.29) is 6.42 Å². The summed E-state index contributed by atoms with van der Waals surface area (Å²) in [6.07, 6.45) is -1.02. The fourth-order valence-corrected chi connectivity index (χ4v) is 0.778. The van der Waals surface area contributed by atoms with Crippen molar-refractivity contribution in [3.05, 3.63) is 0 Å². The molecule has 1 unspecified atom stereocenters. The van der Waals surface area contributed by atoms with E-state index in [1.807, 2.05) is 0 Å². The molecule has 1 aliphatic heterocycles. The Morgan fingerprint density at radius 3 is 2.75 bits per heavy atom. The van der Waals surface area contributed by atoms with Crippen molar-refractivity contribution in [2.75, 3.05) is 7.11 Å². The number of ether oxygens (including phenoxy) is 2. The monoisotopic (exact) mass is 173 g/mol. The van der Waals surface area contributed by atoms with Crippen molar-refractivity contribution in [2.24, 2.45) is 0 Å². The van der Waals surface area contributed by atoms with E-state index in [0.29, 0.717) is 0 Å². The summed E-state index contributed by atoms with van der Waals surface area (Å²) in [4.78, 5) is 31.8. The van der Waals surface area contributed by atoms with Crippen LogP contribution in [0.5, 0.6) is 0 Å². The van der Waals surface area contributed by atoms with Gasteiger partial charge in [0.25, 0.3) is 0 Å². The van der Waals surface area contributed by atoms with Gasteiger partial charge in [0.05, 0.1) is 13.5 Å². The normalized spacial score (nSPS) is 21.6. The third-order valence-corrected chi connectivity index (χ3v) is 1.37. The second-order valence-electron chi connectivity index (χ2n) is 2.19. The van der Waals surface area contributed by atoms with Crippen LogP contribution >= 0.6 is 0 Å². The minimum Gasteiger partial charge on any atom is -0.469 e. The summed E-state index contributed by atoms with van der Waals surface area (Å²) in [5, 5.41) is 2.16. The molecule has 6 heteroatoms. The first-order chi connectivity index (χ1) is 5.63. The summed E-state index contributed by atoms with van der Waals surface area (Å²) in [6, 6.07) is -0.898. The van der Waals surface area contributed by atoms with Crippen LogP contribution in [0, 0.1) is 0 Å². The number of esters is 2. The molecule has 0 aromatic heterocycles. The lowest BCUT2D eigenvalue weighted by molar-refractivity contribution is -0.145. The van der Waals surface area contributed by atoms with Crippen LogP contribution in [0.25, 0.3) is 0 Å². The lowest BCUT2D eigenvalue weighted by Crippen LogP contribution is -2.31. The summed E-state index contributed by atoms with van der Waals surface area (Å²) in [5.41, 5.74) is 0. The highest BCUT2D eigenvalue weighted by Gasteiger charge is 2.34. The molecule has 0 radical (unpaired) electrons. The van der Waals surface area contributed by atoms with E-state index in [4.69, 9.17) is 0 Å². The molecule has 0 aliphatic carbocycles. The van der Waals surface area contributed by atoms with Crippen LogP contribution in [0.1, 0.15) is 6.42 Å². The molecule has 0 aromatic carbocycles. The molecule has 1 atom stereocenters. The molecule has 0 saturated carbocycles. The molecule has 1 amide bonds. The van der Waals surface area contributed by atoms with E-state index in [0.717, 1.165) is 0 Å². The zero-order chi connectivity index (χ0) is 9.14. The van der Waals surface area contributed by atoms with E-state index in [1.165, 1.54) is 7.11 Å². The molecular weight excluding hydrogens is 166 g/mol. The quantitative estimate of drug-likeness (QED) is 0.436. The summed E-state index contributed by atoms with van der Waals surface area (Å²) in [7, 11) is 1.20. The number of hydrogen-bond acceptors (Lipinski definition) is 5. The Bertz CT molecular complexity index is 236. The highest BCUT2D eigenvalue weighted by molar-refractivity contribution is 5.97. The Kier molecular flexibility index (Phi) is 2.27. The Morgan fingerprint density at radius 1 is 1.67 bits per heavy atom. The molecule has 12 heavy (non-hydrogen) atoms. The van der Waals surface area contributed by atoms with Crippen LogP contribution < -0.4 is 5.32 Å². The van der Waals surface area contributed by atoms with Gasteiger partial charge in [-0.05, 0) is 0 Å². The maximum Gasteiger partial charge on any atom is 0.415 e. The lowest BCUT2D eigenvalue weighted by Gasteiger charge is -2.01. The van der Waals surface area contributed by atoms with Gasteiger partial charge in [-0.15, -0.1) is 0 Å². The van der Waals surface area contributed by atoms with Crippen molar-refractivity contribution in [2.45, 2.75) is 12.5 Å². The van der Waals surface area contributed by atoms with Gasteiger partial charge in [0.15, 0.2) is 0 Å². The second kappa shape index (κ2) is 3.21. The molecule has 0 bridgehead atoms. The van der Waals surface area contributed by atoms with Crippen LogP contribution in [-0.2, 0) is 19.1 Å². The summed E-state index contributed by atoms with van der Waals surface area (Å²) in [5.74, 6) is -1.32. The van der Waals surface area contributed by atoms with Crippen LogP contribution in [-0.4, -0.2) is 31.2 Å². The van der Waals surface area contributed by atoms with Crippen LogP contribution in [0.4, 0.5) is 4.79 Å². The maximum absolute atomic E-state index is 10.7. The third-order valence-electron chi connectivity index (χ3n) is 1.37. The largest absolute Gasteiger partial charge is 0.469 e. The highest BCUT2D eigenvalue weighted by Crippen LogP contribution is 2.04. The number of methoxy groups -OCH3 is 1. The van der Waals surface area contributed by atoms with Gasteiger partial charge in [0.1, 0.15) is 6.04 Å². The van der Waals surface area contributed by atoms with Gasteiger partial charge in [0.2, 0.25) is 0 Å². The number of amides is 1. The maximum atomic E-state index is 10.7. The molecule has 1 rings (SSSR count). The SMILES string of the molecule is COC(=O)CC1NC(=O)OC1=O. The fraction of sp³-hybridized carbons (Fsp3) is 0.500. The summed E-state index contributed by atoms with van der Waals surface area (Å²) >= 11 is 0. The van der Waals surface area contributed by atoms with Gasteiger partial charge in [-0.2, -0.15) is 0 Å². The standard InChI is InChI=1S/C6H7NO5/c1-11-4(8)2-3-5(9)12-6(10)7-3/h3H,2H2,1H3,(H,7,10). The van der Waals surface area contributed by atoms with Crippen LogP contribution in [0.2, 0.25) is 0 Å². The number of carbonyl (C=O) groups is 3. The van der Waals surface area contributed by atoms with E-state index in [2.05, 4.69) is 14.8 Å². The van der Waals surface area contributed by atoms with E-state index in [9.17, 15) is 14.4 Å². The van der Waals surface area contributed by atoms with Gasteiger partial charge in [-0.3, -0.25) is 4.79 Å². The molecule has 66 valence electrons. The highest BCUT2D eigenvalue weighted by atomic mass is 16.6. The van der Waals surface area contributed by atoms with Crippen LogP contribution in [0.15, 0.2) is 0 Å². The first kappa shape index (κ1) is 8.51. The van der Waals surface area contributed by atoms with Gasteiger partial charge in [-0.25, -0.2) is 9.59 Å². The lowest BCUT2D eigenvalue weighted by atomic mass is 10.2. The van der Waals surface area contributed by atoms with Gasteiger partial charge in [-0.1, -0.05) is 0 Å². The van der Waals surface area contributed by atoms with Gasteiger partial charge < -0.3 is 14.8 Å². The molecule has 1 N–H and O–H groups in total. The topological polar surface area (TPSA) is 81.7 Å². The van der Waals surface area contributed by atoms with E-state index >= 15 is 0 Å². The predicted molar refractivity (Wildman–Crippen MR) is 35.0 cm³/mol. The molecule has 1 heterocycles. The zero-order valence-electron chi connectivity index (χ0n) is 6.33. The molecule has 1 saturated heterocycles. The Morgan fingerprint density at radius 2 is 2.33 bits per heavy atom. The average molecular weight is 173 g/mol. The van der Waals surface area contributed by atoms with E-state index in [1.54, 1.807) is 0 Å². The smallest absolute Gasteiger partial charge is 0.415 e. The first-order valence-electron chi connectivity index (χ1n) is 3.22. The molecule has 6 nitrogen and oxygen atoms in total. The number of nitrogens with one attached hydrogen (secondary N) is 1. The molecule has 1 fully saturated rings. The van der Waals surface area contributed by atoms with Crippen molar-refractivity contribution < 1.29 is 23.9 Å². The number of carbonyl (C=O) groups excluding carboxylic acids is 3. The Labute approximate surface area is 67.8 Å². The fourth-order valence-electron chi connectivity index (χ4n) is 0.778. The van der Waals surface area contributed by atoms with Gasteiger partial charge >= 0.3 is 18.0 Å². The Balaban J connectivity index is 2.48. The zero-order valence-corrected chi connectivity index (χ0v) is 6.33. The first-order valence-corrected chi connectivity index (χ1v) is 3.22.